The summed E-state index contributed by atoms with van der Waals surface area (Å²) in [5.74, 6) is 2.24. The highest BCUT2D eigenvalue weighted by atomic mass is 35.5. The Balaban J connectivity index is 1.74. The lowest BCUT2D eigenvalue weighted by molar-refractivity contribution is 0.413. The average Bonchev–Trinajstić information content (AvgIpc) is 2.74. The maximum atomic E-state index is 6.05. The smallest absolute Gasteiger partial charge is 0.163 e. The maximum absolute atomic E-state index is 6.05. The number of rotatable bonds is 4. The van der Waals surface area contributed by atoms with Crippen LogP contribution >= 0.6 is 11.6 Å². The van der Waals surface area contributed by atoms with Crippen molar-refractivity contribution < 1.29 is 0 Å². The fourth-order valence-corrected chi connectivity index (χ4v) is 3.51. The first-order chi connectivity index (χ1) is 13.2. The molecule has 2 N–H and O–H groups in total. The van der Waals surface area contributed by atoms with Gasteiger partial charge >= 0.3 is 0 Å². The van der Waals surface area contributed by atoms with Crippen molar-refractivity contribution in [3.05, 3.63) is 59.9 Å². The number of piperidine rings is 1. The van der Waals surface area contributed by atoms with E-state index in [-0.39, 0.29) is 0 Å². The summed E-state index contributed by atoms with van der Waals surface area (Å²) in [5, 5.41) is 0.712. The normalized spacial score (nSPS) is 15.1. The van der Waals surface area contributed by atoms with Gasteiger partial charge in [0.2, 0.25) is 0 Å². The first kappa shape index (κ1) is 17.9. The Morgan fingerprint density at radius 3 is 2.48 bits per heavy atom. The van der Waals surface area contributed by atoms with Crippen molar-refractivity contribution in [3.63, 3.8) is 0 Å². The summed E-state index contributed by atoms with van der Waals surface area (Å²) in [6.45, 7) is 2.69. The van der Waals surface area contributed by atoms with Gasteiger partial charge in [-0.3, -0.25) is 4.98 Å². The van der Waals surface area contributed by atoms with Crippen LogP contribution in [0.1, 0.15) is 12.8 Å². The number of hydrogen-bond donors (Lipinski definition) is 1. The van der Waals surface area contributed by atoms with E-state index in [0.717, 1.165) is 55.1 Å². The van der Waals surface area contributed by atoms with Gasteiger partial charge in [0.15, 0.2) is 5.82 Å². The van der Waals surface area contributed by atoms with Crippen LogP contribution in [0.2, 0.25) is 5.02 Å². The van der Waals surface area contributed by atoms with Gasteiger partial charge in [-0.05, 0) is 49.6 Å². The van der Waals surface area contributed by atoms with Gasteiger partial charge in [-0.25, -0.2) is 9.97 Å². The van der Waals surface area contributed by atoms with Crippen molar-refractivity contribution in [1.82, 2.24) is 15.0 Å². The molecule has 1 aliphatic rings. The fraction of sp³-hybridized carbons (Fsp3) is 0.286. The molecule has 3 heterocycles. The van der Waals surface area contributed by atoms with Gasteiger partial charge in [-0.2, -0.15) is 0 Å². The third-order valence-electron chi connectivity index (χ3n) is 5.04. The Hall–Kier alpha value is -2.50. The number of benzene rings is 1. The van der Waals surface area contributed by atoms with Gasteiger partial charge in [0.05, 0.1) is 5.69 Å². The zero-order chi connectivity index (χ0) is 18.6. The molecule has 0 atom stereocenters. The summed E-state index contributed by atoms with van der Waals surface area (Å²) in [5.41, 5.74) is 8.65. The van der Waals surface area contributed by atoms with Gasteiger partial charge in [-0.1, -0.05) is 23.7 Å². The lowest BCUT2D eigenvalue weighted by Gasteiger charge is -2.32. The first-order valence-corrected chi connectivity index (χ1v) is 9.61. The summed E-state index contributed by atoms with van der Waals surface area (Å²) < 4.78 is 0. The highest BCUT2D eigenvalue weighted by Gasteiger charge is 2.20. The zero-order valence-electron chi connectivity index (χ0n) is 15.1. The third-order valence-corrected chi connectivity index (χ3v) is 5.30. The van der Waals surface area contributed by atoms with Crippen molar-refractivity contribution in [3.8, 4) is 22.6 Å². The van der Waals surface area contributed by atoms with Gasteiger partial charge in [0, 0.05) is 47.7 Å². The minimum absolute atomic E-state index is 0.608. The molecule has 4 rings (SSSR count). The second kappa shape index (κ2) is 8.03. The molecule has 27 heavy (non-hydrogen) atoms. The van der Waals surface area contributed by atoms with Crippen LogP contribution in [0.15, 0.2) is 54.9 Å². The van der Waals surface area contributed by atoms with E-state index in [1.807, 2.05) is 36.4 Å². The van der Waals surface area contributed by atoms with Gasteiger partial charge in [0.1, 0.15) is 5.82 Å². The molecule has 1 aromatic carbocycles. The molecule has 3 aromatic rings. The van der Waals surface area contributed by atoms with Crippen molar-refractivity contribution in [1.29, 1.82) is 0 Å². The van der Waals surface area contributed by atoms with Crippen molar-refractivity contribution in [2.75, 3.05) is 24.5 Å². The highest BCUT2D eigenvalue weighted by Crippen LogP contribution is 2.29. The molecule has 0 radical (unpaired) electrons. The number of pyridine rings is 1. The molecule has 0 aliphatic carbocycles. The number of nitrogens with zero attached hydrogens (tertiary/aromatic N) is 4. The molecule has 1 saturated heterocycles. The van der Waals surface area contributed by atoms with Gasteiger partial charge in [-0.15, -0.1) is 0 Å². The summed E-state index contributed by atoms with van der Waals surface area (Å²) in [6.07, 6.45) is 5.74. The Labute approximate surface area is 164 Å². The molecule has 0 saturated carbocycles. The molecule has 0 unspecified atom stereocenters. The Morgan fingerprint density at radius 2 is 1.81 bits per heavy atom. The van der Waals surface area contributed by atoms with Gasteiger partial charge in [0.25, 0.3) is 0 Å². The molecular formula is C21H22ClN5. The quantitative estimate of drug-likeness (QED) is 0.741. The largest absolute Gasteiger partial charge is 0.356 e. The van der Waals surface area contributed by atoms with Crippen LogP contribution < -0.4 is 10.6 Å². The van der Waals surface area contributed by atoms with Crippen LogP contribution in [0.3, 0.4) is 0 Å². The molecule has 0 spiro atoms. The average molecular weight is 380 g/mol. The second-order valence-corrected chi connectivity index (χ2v) is 7.29. The molecule has 0 amide bonds. The number of hydrogen-bond acceptors (Lipinski definition) is 5. The van der Waals surface area contributed by atoms with E-state index < -0.39 is 0 Å². The SMILES string of the molecule is NCC1CCN(c2cc(-c3ccc(Cl)cc3)nc(-c3cccnc3)n2)CC1. The second-order valence-electron chi connectivity index (χ2n) is 6.85. The molecule has 2 aromatic heterocycles. The monoisotopic (exact) mass is 379 g/mol. The number of aromatic nitrogens is 3. The summed E-state index contributed by atoms with van der Waals surface area (Å²) >= 11 is 6.05. The van der Waals surface area contributed by atoms with Crippen molar-refractivity contribution >= 4 is 17.4 Å². The van der Waals surface area contributed by atoms with Crippen molar-refractivity contribution in [2.24, 2.45) is 11.7 Å². The standard InChI is InChI=1S/C21H22ClN5/c22-18-5-3-16(4-6-18)19-12-20(27-10-7-15(13-23)8-11-27)26-21(25-19)17-2-1-9-24-14-17/h1-6,9,12,14-15H,7-8,10-11,13,23H2. The Morgan fingerprint density at radius 1 is 1.04 bits per heavy atom. The van der Waals surface area contributed by atoms with Crippen LogP contribution in [0.25, 0.3) is 22.6 Å². The molecule has 1 fully saturated rings. The molecule has 0 bridgehead atoms. The maximum Gasteiger partial charge on any atom is 0.163 e. The topological polar surface area (TPSA) is 67.9 Å². The van der Waals surface area contributed by atoms with E-state index in [0.29, 0.717) is 16.8 Å². The predicted octanol–water partition coefficient (Wildman–Crippen LogP) is 4.03. The summed E-state index contributed by atoms with van der Waals surface area (Å²) in [6, 6.07) is 13.7. The number of anilines is 1. The van der Waals surface area contributed by atoms with Crippen LogP contribution in [0.5, 0.6) is 0 Å². The van der Waals surface area contributed by atoms with Crippen LogP contribution in [-0.4, -0.2) is 34.6 Å². The lowest BCUT2D eigenvalue weighted by atomic mass is 9.97. The predicted molar refractivity (Wildman–Crippen MR) is 110 cm³/mol. The first-order valence-electron chi connectivity index (χ1n) is 9.23. The lowest BCUT2D eigenvalue weighted by Crippen LogP contribution is -2.36. The van der Waals surface area contributed by atoms with Gasteiger partial charge < -0.3 is 10.6 Å². The molecule has 1 aliphatic heterocycles. The van der Waals surface area contributed by atoms with E-state index in [4.69, 9.17) is 27.3 Å². The molecular weight excluding hydrogens is 358 g/mol. The molecule has 138 valence electrons. The van der Waals surface area contributed by atoms with Crippen LogP contribution in [-0.2, 0) is 0 Å². The Kier molecular flexibility index (Phi) is 5.32. The molecule has 6 heteroatoms. The highest BCUT2D eigenvalue weighted by molar-refractivity contribution is 6.30. The zero-order valence-corrected chi connectivity index (χ0v) is 15.8. The van der Waals surface area contributed by atoms with E-state index in [1.54, 1.807) is 12.4 Å². The summed E-state index contributed by atoms with van der Waals surface area (Å²) in [7, 11) is 0. The fourth-order valence-electron chi connectivity index (χ4n) is 3.39. The van der Waals surface area contributed by atoms with E-state index in [2.05, 4.69) is 16.0 Å². The number of nitrogens with two attached hydrogens (primary N) is 1. The minimum atomic E-state index is 0.608. The number of halogens is 1. The third kappa shape index (κ3) is 4.10. The van der Waals surface area contributed by atoms with Crippen molar-refractivity contribution in [2.45, 2.75) is 12.8 Å². The van der Waals surface area contributed by atoms with Crippen LogP contribution in [0, 0.1) is 5.92 Å². The van der Waals surface area contributed by atoms with Crippen LogP contribution in [0.4, 0.5) is 5.82 Å². The Bertz CT molecular complexity index is 890. The van der Waals surface area contributed by atoms with E-state index in [9.17, 15) is 0 Å². The van der Waals surface area contributed by atoms with E-state index in [1.165, 1.54) is 0 Å². The summed E-state index contributed by atoms with van der Waals surface area (Å²) in [4.78, 5) is 16.2. The minimum Gasteiger partial charge on any atom is -0.356 e. The molecule has 5 nitrogen and oxygen atoms in total. The van der Waals surface area contributed by atoms with E-state index >= 15 is 0 Å².